The maximum atomic E-state index is 14.9. The molecule has 2 aliphatic rings. The summed E-state index contributed by atoms with van der Waals surface area (Å²) in [5, 5.41) is 14.4. The monoisotopic (exact) mass is 457 g/mol. The third kappa shape index (κ3) is 5.14. The highest BCUT2D eigenvalue weighted by molar-refractivity contribution is 5.77. The molecule has 3 heterocycles. The summed E-state index contributed by atoms with van der Waals surface area (Å²) >= 11 is 0. The molecule has 10 nitrogen and oxygen atoms in total. The van der Waals surface area contributed by atoms with Crippen LogP contribution in [-0.4, -0.2) is 48.0 Å². The fourth-order valence-corrected chi connectivity index (χ4v) is 4.37. The fourth-order valence-electron chi connectivity index (χ4n) is 4.37. The Bertz CT molecular complexity index is 1030. The average Bonchev–Trinajstić information content (AvgIpc) is 2.79. The molecule has 11 heteroatoms. The van der Waals surface area contributed by atoms with Crippen molar-refractivity contribution in [1.29, 1.82) is 0 Å². The highest BCUT2D eigenvalue weighted by Gasteiger charge is 2.25. The summed E-state index contributed by atoms with van der Waals surface area (Å²) in [6.45, 7) is 2.51. The molecule has 2 aromatic rings. The Morgan fingerprint density at radius 3 is 2.36 bits per heavy atom. The first-order valence-electron chi connectivity index (χ1n) is 11.1. The van der Waals surface area contributed by atoms with Crippen LogP contribution in [0.2, 0.25) is 0 Å². The van der Waals surface area contributed by atoms with Crippen molar-refractivity contribution < 1.29 is 14.1 Å². The molecule has 2 fully saturated rings. The van der Waals surface area contributed by atoms with Gasteiger partial charge in [0.15, 0.2) is 0 Å². The molecule has 1 aromatic carbocycles. The molecule has 0 aliphatic carbocycles. The summed E-state index contributed by atoms with van der Waals surface area (Å²) < 4.78 is 14.9. The number of benzene rings is 1. The summed E-state index contributed by atoms with van der Waals surface area (Å²) in [6.07, 6.45) is 2.81. The summed E-state index contributed by atoms with van der Waals surface area (Å²) in [6, 6.07) is 7.78. The predicted octanol–water partition coefficient (Wildman–Crippen LogP) is 2.50. The van der Waals surface area contributed by atoms with E-state index < -0.39 is 10.7 Å². The number of carbonyl (C=O) groups is 1. The lowest BCUT2D eigenvalue weighted by atomic mass is 9.96. The normalized spacial score (nSPS) is 17.8. The number of rotatable bonds is 6. The van der Waals surface area contributed by atoms with Gasteiger partial charge in [-0.1, -0.05) is 0 Å². The van der Waals surface area contributed by atoms with E-state index in [-0.39, 0.29) is 29.4 Å². The molecule has 4 rings (SSSR count). The van der Waals surface area contributed by atoms with Gasteiger partial charge >= 0.3 is 5.69 Å². The smallest absolute Gasteiger partial charge is 0.311 e. The second-order valence-electron chi connectivity index (χ2n) is 8.57. The third-order valence-electron chi connectivity index (χ3n) is 6.37. The van der Waals surface area contributed by atoms with Crippen molar-refractivity contribution in [2.75, 3.05) is 41.3 Å². The standard InChI is InChI=1S/C22H28FN7O3/c23-17-13-16(1-2-18(17)28-9-5-14(6-10-28)21(25)31)26-22-19(30(32)33)3-4-20(27-22)29-11-7-15(24)8-12-29/h1-4,13-15H,5-12,24H2,(H2,25,31)(H,26,27). The van der Waals surface area contributed by atoms with Gasteiger partial charge in [0.05, 0.1) is 10.6 Å². The molecule has 0 atom stereocenters. The molecular formula is C22H28FN7O3. The summed E-state index contributed by atoms with van der Waals surface area (Å²) in [7, 11) is 0. The quantitative estimate of drug-likeness (QED) is 0.443. The molecule has 2 saturated heterocycles. The number of primary amides is 1. The van der Waals surface area contributed by atoms with E-state index in [1.165, 1.54) is 12.1 Å². The number of nitrogens with two attached hydrogens (primary N) is 2. The van der Waals surface area contributed by atoms with Crippen LogP contribution in [0.5, 0.6) is 0 Å². The van der Waals surface area contributed by atoms with Crippen molar-refractivity contribution in [2.45, 2.75) is 31.7 Å². The Morgan fingerprint density at radius 1 is 1.09 bits per heavy atom. The maximum Gasteiger partial charge on any atom is 0.311 e. The predicted molar refractivity (Wildman–Crippen MR) is 124 cm³/mol. The number of nitrogens with zero attached hydrogens (tertiary/aromatic N) is 4. The van der Waals surface area contributed by atoms with Crippen LogP contribution in [0.1, 0.15) is 25.7 Å². The minimum absolute atomic E-state index is 0.0572. The van der Waals surface area contributed by atoms with E-state index in [9.17, 15) is 19.3 Å². The number of nitrogens with one attached hydrogen (secondary N) is 1. The van der Waals surface area contributed by atoms with Gasteiger partial charge in [0.25, 0.3) is 0 Å². The van der Waals surface area contributed by atoms with Crippen molar-refractivity contribution in [3.8, 4) is 0 Å². The van der Waals surface area contributed by atoms with Crippen molar-refractivity contribution in [1.82, 2.24) is 4.98 Å². The van der Waals surface area contributed by atoms with E-state index in [1.54, 1.807) is 18.2 Å². The topological polar surface area (TPSA) is 144 Å². The zero-order valence-corrected chi connectivity index (χ0v) is 18.2. The number of hydrogen-bond donors (Lipinski definition) is 3. The van der Waals surface area contributed by atoms with Crippen molar-refractivity contribution in [3.05, 3.63) is 46.3 Å². The van der Waals surface area contributed by atoms with E-state index >= 15 is 0 Å². The zero-order chi connectivity index (χ0) is 23.5. The van der Waals surface area contributed by atoms with Crippen LogP contribution in [0.3, 0.4) is 0 Å². The lowest BCUT2D eigenvalue weighted by Gasteiger charge is -2.32. The van der Waals surface area contributed by atoms with Gasteiger partial charge in [0, 0.05) is 49.9 Å². The Hall–Kier alpha value is -3.47. The molecule has 0 unspecified atom stereocenters. The van der Waals surface area contributed by atoms with E-state index in [0.29, 0.717) is 43.1 Å². The molecule has 0 radical (unpaired) electrons. The van der Waals surface area contributed by atoms with Crippen molar-refractivity contribution >= 4 is 34.6 Å². The van der Waals surface area contributed by atoms with Gasteiger partial charge in [0.1, 0.15) is 11.6 Å². The molecule has 2 aliphatic heterocycles. The number of pyridine rings is 1. The van der Waals surface area contributed by atoms with Crippen LogP contribution in [-0.2, 0) is 4.79 Å². The average molecular weight is 458 g/mol. The van der Waals surface area contributed by atoms with Crippen LogP contribution in [0.15, 0.2) is 30.3 Å². The second-order valence-corrected chi connectivity index (χ2v) is 8.57. The van der Waals surface area contributed by atoms with Gasteiger partial charge in [0.2, 0.25) is 11.7 Å². The van der Waals surface area contributed by atoms with Crippen molar-refractivity contribution in [2.24, 2.45) is 17.4 Å². The fraction of sp³-hybridized carbons (Fsp3) is 0.455. The molecule has 5 N–H and O–H groups in total. The van der Waals surface area contributed by atoms with Crippen LogP contribution in [0.25, 0.3) is 0 Å². The van der Waals surface area contributed by atoms with Gasteiger partial charge < -0.3 is 26.6 Å². The number of hydrogen-bond acceptors (Lipinski definition) is 8. The molecule has 1 amide bonds. The molecule has 0 saturated carbocycles. The van der Waals surface area contributed by atoms with Gasteiger partial charge in [-0.05, 0) is 49.9 Å². The largest absolute Gasteiger partial charge is 0.369 e. The van der Waals surface area contributed by atoms with E-state index in [1.807, 2.05) is 9.80 Å². The summed E-state index contributed by atoms with van der Waals surface area (Å²) in [5.41, 5.74) is 11.9. The van der Waals surface area contributed by atoms with E-state index in [2.05, 4.69) is 10.3 Å². The summed E-state index contributed by atoms with van der Waals surface area (Å²) in [5.74, 6) is -0.286. The molecule has 0 spiro atoms. The molecule has 33 heavy (non-hydrogen) atoms. The van der Waals surface area contributed by atoms with Gasteiger partial charge in [-0.15, -0.1) is 0 Å². The number of piperidine rings is 2. The minimum atomic E-state index is -0.515. The van der Waals surface area contributed by atoms with Crippen LogP contribution in [0, 0.1) is 21.8 Å². The van der Waals surface area contributed by atoms with Crippen molar-refractivity contribution in [3.63, 3.8) is 0 Å². The van der Waals surface area contributed by atoms with Crippen LogP contribution < -0.4 is 26.6 Å². The second kappa shape index (κ2) is 9.57. The van der Waals surface area contributed by atoms with E-state index in [0.717, 1.165) is 25.9 Å². The minimum Gasteiger partial charge on any atom is -0.369 e. The number of aromatic nitrogens is 1. The Morgan fingerprint density at radius 2 is 1.76 bits per heavy atom. The van der Waals surface area contributed by atoms with Crippen LogP contribution >= 0.6 is 0 Å². The molecule has 1 aromatic heterocycles. The maximum absolute atomic E-state index is 14.9. The van der Waals surface area contributed by atoms with Gasteiger partial charge in [-0.2, -0.15) is 0 Å². The highest BCUT2D eigenvalue weighted by atomic mass is 19.1. The molecule has 0 bridgehead atoms. The molecular weight excluding hydrogens is 429 g/mol. The van der Waals surface area contributed by atoms with E-state index in [4.69, 9.17) is 11.5 Å². The lowest BCUT2D eigenvalue weighted by molar-refractivity contribution is -0.384. The summed E-state index contributed by atoms with van der Waals surface area (Å²) in [4.78, 5) is 30.7. The SMILES string of the molecule is NC(=O)C1CCN(c2ccc(Nc3nc(N4CCC(N)CC4)ccc3[N+](=O)[O-])cc2F)CC1. The Kier molecular flexibility index (Phi) is 6.59. The first-order chi connectivity index (χ1) is 15.8. The van der Waals surface area contributed by atoms with Gasteiger partial charge in [-0.25, -0.2) is 9.37 Å². The number of halogens is 1. The van der Waals surface area contributed by atoms with Gasteiger partial charge in [-0.3, -0.25) is 14.9 Å². The number of anilines is 4. The number of carbonyl (C=O) groups excluding carboxylic acids is 1. The van der Waals surface area contributed by atoms with Crippen LogP contribution in [0.4, 0.5) is 33.1 Å². The lowest BCUT2D eigenvalue weighted by Crippen LogP contribution is -2.40. The third-order valence-corrected chi connectivity index (χ3v) is 6.37. The first kappa shape index (κ1) is 22.7. The Labute approximate surface area is 190 Å². The zero-order valence-electron chi connectivity index (χ0n) is 18.2. The molecule has 176 valence electrons. The number of nitro groups is 1. The first-order valence-corrected chi connectivity index (χ1v) is 11.1. The Balaban J connectivity index is 1.52. The number of amides is 1. The highest BCUT2D eigenvalue weighted by Crippen LogP contribution is 2.32.